The Hall–Kier alpha value is -0.880. The van der Waals surface area contributed by atoms with Crippen molar-refractivity contribution in [3.05, 3.63) is 38.0 Å². The summed E-state index contributed by atoms with van der Waals surface area (Å²) in [7, 11) is 0. The lowest BCUT2D eigenvalue weighted by Gasteiger charge is -1.97. The zero-order valence-electron chi connectivity index (χ0n) is 8.87. The van der Waals surface area contributed by atoms with Crippen molar-refractivity contribution in [2.75, 3.05) is 0 Å². The summed E-state index contributed by atoms with van der Waals surface area (Å²) in [5.74, 6) is 0.690. The van der Waals surface area contributed by atoms with Gasteiger partial charge in [0.15, 0.2) is 0 Å². The predicted octanol–water partition coefficient (Wildman–Crippen LogP) is 4.11. The van der Waals surface area contributed by atoms with Gasteiger partial charge in [-0.1, -0.05) is 11.6 Å². The molecule has 0 aliphatic rings. The number of nitrogens with one attached hydrogen (secondary N) is 1. The van der Waals surface area contributed by atoms with Crippen LogP contribution in [0.5, 0.6) is 0 Å². The number of fused-ring (bicyclic) bond motifs is 1. The van der Waals surface area contributed by atoms with Crippen LogP contribution in [0.1, 0.15) is 5.82 Å². The molecule has 7 heteroatoms. The summed E-state index contributed by atoms with van der Waals surface area (Å²) < 4.78 is 0.700. The molecule has 0 bridgehead atoms. The molecular formula is C11H6Cl2N2OS2. The Morgan fingerprint density at radius 3 is 2.89 bits per heavy atom. The Balaban J connectivity index is 2.29. The van der Waals surface area contributed by atoms with E-state index in [-0.39, 0.29) is 11.4 Å². The largest absolute Gasteiger partial charge is 0.309 e. The minimum absolute atomic E-state index is 0.156. The second-order valence-corrected chi connectivity index (χ2v) is 6.42. The van der Waals surface area contributed by atoms with Crippen LogP contribution in [0.4, 0.5) is 0 Å². The third-order valence-electron chi connectivity index (χ3n) is 2.46. The number of hydrogen-bond donors (Lipinski definition) is 1. The molecule has 0 aliphatic carbocycles. The highest BCUT2D eigenvalue weighted by Crippen LogP contribution is 2.36. The Bertz CT molecular complexity index is 775. The van der Waals surface area contributed by atoms with E-state index in [1.54, 1.807) is 0 Å². The molecule has 0 aliphatic heterocycles. The number of halogens is 2. The van der Waals surface area contributed by atoms with Crippen LogP contribution in [0.25, 0.3) is 20.7 Å². The predicted molar refractivity (Wildman–Crippen MR) is 78.1 cm³/mol. The zero-order valence-corrected chi connectivity index (χ0v) is 12.0. The second kappa shape index (κ2) is 4.66. The molecule has 0 amide bonds. The normalized spacial score (nSPS) is 11.2. The van der Waals surface area contributed by atoms with Crippen molar-refractivity contribution < 1.29 is 0 Å². The van der Waals surface area contributed by atoms with Gasteiger partial charge in [0.2, 0.25) is 0 Å². The lowest BCUT2D eigenvalue weighted by molar-refractivity contribution is 1.04. The number of nitrogens with zero attached hydrogens (tertiary/aromatic N) is 1. The first-order valence-corrected chi connectivity index (χ1v) is 7.62. The van der Waals surface area contributed by atoms with Gasteiger partial charge in [0.05, 0.1) is 15.6 Å². The summed E-state index contributed by atoms with van der Waals surface area (Å²) in [6.07, 6.45) is 0. The first-order valence-electron chi connectivity index (χ1n) is 5.01. The van der Waals surface area contributed by atoms with E-state index in [2.05, 4.69) is 9.97 Å². The molecule has 92 valence electrons. The van der Waals surface area contributed by atoms with Crippen LogP contribution in [0.3, 0.4) is 0 Å². The van der Waals surface area contributed by atoms with Crippen molar-refractivity contribution in [3.8, 4) is 10.4 Å². The van der Waals surface area contributed by atoms with Gasteiger partial charge in [0.1, 0.15) is 10.7 Å². The van der Waals surface area contributed by atoms with Gasteiger partial charge in [-0.25, -0.2) is 4.98 Å². The van der Waals surface area contributed by atoms with Crippen LogP contribution in [-0.4, -0.2) is 9.97 Å². The Labute approximate surface area is 120 Å². The molecule has 3 rings (SSSR count). The number of thiophene rings is 2. The minimum Gasteiger partial charge on any atom is -0.309 e. The molecule has 0 atom stereocenters. The van der Waals surface area contributed by atoms with Gasteiger partial charge in [0.25, 0.3) is 5.56 Å². The van der Waals surface area contributed by atoms with Crippen molar-refractivity contribution in [2.45, 2.75) is 5.88 Å². The molecule has 3 aromatic heterocycles. The highest BCUT2D eigenvalue weighted by Gasteiger charge is 2.13. The highest BCUT2D eigenvalue weighted by atomic mass is 35.5. The molecule has 0 unspecified atom stereocenters. The number of aromatic amines is 1. The molecule has 0 aromatic carbocycles. The number of hydrogen-bond acceptors (Lipinski definition) is 4. The van der Waals surface area contributed by atoms with Crippen LogP contribution in [0.2, 0.25) is 4.34 Å². The lowest BCUT2D eigenvalue weighted by Crippen LogP contribution is -2.10. The number of aromatic nitrogens is 2. The maximum Gasteiger partial charge on any atom is 0.260 e. The van der Waals surface area contributed by atoms with Crippen LogP contribution < -0.4 is 5.56 Å². The van der Waals surface area contributed by atoms with Crippen molar-refractivity contribution >= 4 is 56.1 Å². The van der Waals surface area contributed by atoms with E-state index < -0.39 is 0 Å². The van der Waals surface area contributed by atoms with E-state index in [1.165, 1.54) is 22.7 Å². The first kappa shape index (κ1) is 12.2. The van der Waals surface area contributed by atoms with Crippen LogP contribution in [0, 0.1) is 0 Å². The highest BCUT2D eigenvalue weighted by molar-refractivity contribution is 7.21. The quantitative estimate of drug-likeness (QED) is 0.723. The fourth-order valence-corrected chi connectivity index (χ4v) is 3.92. The fraction of sp³-hybridized carbons (Fsp3) is 0.0909. The number of rotatable bonds is 2. The van der Waals surface area contributed by atoms with E-state index >= 15 is 0 Å². The fourth-order valence-electron chi connectivity index (χ4n) is 1.70. The molecule has 1 N–H and O–H groups in total. The molecule has 3 aromatic rings. The molecule has 3 nitrogen and oxygen atoms in total. The molecule has 0 saturated heterocycles. The van der Waals surface area contributed by atoms with E-state index in [0.29, 0.717) is 20.4 Å². The number of H-pyrrole nitrogens is 1. The SMILES string of the molecule is O=c1[nH]c(CCl)nc2scc(-c3ccc(Cl)s3)c12. The summed E-state index contributed by atoms with van der Waals surface area (Å²) in [4.78, 5) is 20.7. The molecule has 18 heavy (non-hydrogen) atoms. The Morgan fingerprint density at radius 2 is 2.22 bits per heavy atom. The molecular weight excluding hydrogens is 311 g/mol. The molecule has 0 fully saturated rings. The van der Waals surface area contributed by atoms with E-state index in [9.17, 15) is 4.79 Å². The topological polar surface area (TPSA) is 45.8 Å². The molecule has 3 heterocycles. The monoisotopic (exact) mass is 316 g/mol. The third-order valence-corrected chi connectivity index (χ3v) is 4.85. The molecule has 0 radical (unpaired) electrons. The molecule has 0 saturated carbocycles. The van der Waals surface area contributed by atoms with Gasteiger partial charge in [-0.2, -0.15) is 0 Å². The smallest absolute Gasteiger partial charge is 0.260 e. The van der Waals surface area contributed by atoms with Crippen LogP contribution >= 0.6 is 45.9 Å². The van der Waals surface area contributed by atoms with Crippen molar-refractivity contribution in [1.82, 2.24) is 9.97 Å². The van der Waals surface area contributed by atoms with Crippen molar-refractivity contribution in [3.63, 3.8) is 0 Å². The Kier molecular flexibility index (Phi) is 3.15. The molecule has 0 spiro atoms. The maximum absolute atomic E-state index is 12.0. The Morgan fingerprint density at radius 1 is 1.39 bits per heavy atom. The van der Waals surface area contributed by atoms with Gasteiger partial charge in [-0.15, -0.1) is 34.3 Å². The van der Waals surface area contributed by atoms with Crippen molar-refractivity contribution in [1.29, 1.82) is 0 Å². The third kappa shape index (κ3) is 1.97. The summed E-state index contributed by atoms with van der Waals surface area (Å²) >= 11 is 14.5. The van der Waals surface area contributed by atoms with Gasteiger partial charge in [-0.3, -0.25) is 4.79 Å². The van der Waals surface area contributed by atoms with E-state index in [1.807, 2.05) is 17.5 Å². The lowest BCUT2D eigenvalue weighted by atomic mass is 10.2. The average Bonchev–Trinajstić information content (AvgIpc) is 2.94. The second-order valence-electron chi connectivity index (χ2n) is 3.58. The first-order chi connectivity index (χ1) is 8.69. The van der Waals surface area contributed by atoms with E-state index in [4.69, 9.17) is 23.2 Å². The zero-order chi connectivity index (χ0) is 12.7. The summed E-state index contributed by atoms with van der Waals surface area (Å²) in [5.41, 5.74) is 0.721. The van der Waals surface area contributed by atoms with Gasteiger partial charge in [-0.05, 0) is 12.1 Å². The average molecular weight is 317 g/mol. The van der Waals surface area contributed by atoms with Crippen LogP contribution in [-0.2, 0) is 5.88 Å². The van der Waals surface area contributed by atoms with Gasteiger partial charge in [0, 0.05) is 15.8 Å². The van der Waals surface area contributed by atoms with Gasteiger partial charge < -0.3 is 4.98 Å². The summed E-state index contributed by atoms with van der Waals surface area (Å²) in [6, 6.07) is 3.73. The standard InChI is InChI=1S/C11H6Cl2N2OS2/c12-3-8-14-10(16)9-5(4-17-11(9)15-8)6-1-2-7(13)18-6/h1-2,4H,3H2,(H,14,15,16). The van der Waals surface area contributed by atoms with E-state index in [0.717, 1.165) is 10.4 Å². The summed E-state index contributed by atoms with van der Waals surface area (Å²) in [5, 5.41) is 2.53. The summed E-state index contributed by atoms with van der Waals surface area (Å²) in [6.45, 7) is 0. The van der Waals surface area contributed by atoms with Gasteiger partial charge >= 0.3 is 0 Å². The number of alkyl halides is 1. The maximum atomic E-state index is 12.0. The minimum atomic E-state index is -0.156. The van der Waals surface area contributed by atoms with Crippen LogP contribution in [0.15, 0.2) is 22.3 Å². The van der Waals surface area contributed by atoms with Crippen molar-refractivity contribution in [2.24, 2.45) is 0 Å².